The molecule has 118 valence electrons. The van der Waals surface area contributed by atoms with E-state index in [9.17, 15) is 10.1 Å². The van der Waals surface area contributed by atoms with Crippen LogP contribution >= 0.6 is 0 Å². The van der Waals surface area contributed by atoms with Crippen LogP contribution < -0.4 is 10.5 Å². The van der Waals surface area contributed by atoms with Crippen molar-refractivity contribution in [2.45, 2.75) is 57.4 Å². The van der Waals surface area contributed by atoms with Crippen molar-refractivity contribution in [3.63, 3.8) is 0 Å². The Morgan fingerprint density at radius 1 is 1.43 bits per heavy atom. The smallest absolute Gasteiger partial charge is 0.353 e. The first-order valence-electron chi connectivity index (χ1n) is 7.47. The fourth-order valence-electron chi connectivity index (χ4n) is 2.85. The standard InChI is InChI=1S/C14H24N4O3/c1-10(2)11-12(18(19)20)13(17(3)16-11)21-9-14(15)7-5-4-6-8-14/h10H,4-9,15H2,1-3H3. The van der Waals surface area contributed by atoms with Crippen molar-refractivity contribution < 1.29 is 9.66 Å². The van der Waals surface area contributed by atoms with Crippen molar-refractivity contribution >= 4 is 5.69 Å². The van der Waals surface area contributed by atoms with Crippen LogP contribution in [0, 0.1) is 10.1 Å². The monoisotopic (exact) mass is 296 g/mol. The van der Waals surface area contributed by atoms with Crippen LogP contribution in [0.2, 0.25) is 0 Å². The zero-order chi connectivity index (χ0) is 15.6. The van der Waals surface area contributed by atoms with Gasteiger partial charge in [0.15, 0.2) is 0 Å². The maximum Gasteiger partial charge on any atom is 0.353 e. The van der Waals surface area contributed by atoms with Gasteiger partial charge in [-0.3, -0.25) is 10.1 Å². The zero-order valence-corrected chi connectivity index (χ0v) is 13.0. The molecule has 0 saturated heterocycles. The molecule has 1 aromatic rings. The number of nitro groups is 1. The predicted octanol–water partition coefficient (Wildman–Crippen LogP) is 2.49. The molecule has 0 bridgehead atoms. The van der Waals surface area contributed by atoms with Crippen molar-refractivity contribution in [3.05, 3.63) is 15.8 Å². The van der Waals surface area contributed by atoms with Crippen molar-refractivity contribution in [1.29, 1.82) is 0 Å². The molecule has 2 N–H and O–H groups in total. The molecule has 1 aliphatic carbocycles. The van der Waals surface area contributed by atoms with Gasteiger partial charge in [-0.25, -0.2) is 4.68 Å². The van der Waals surface area contributed by atoms with Gasteiger partial charge in [0.05, 0.1) is 10.5 Å². The average molecular weight is 296 g/mol. The van der Waals surface area contributed by atoms with Gasteiger partial charge in [-0.15, -0.1) is 0 Å². The molecule has 0 aliphatic heterocycles. The number of nitrogens with zero attached hydrogens (tertiary/aromatic N) is 3. The quantitative estimate of drug-likeness (QED) is 0.665. The lowest BCUT2D eigenvalue weighted by molar-refractivity contribution is -0.386. The Morgan fingerprint density at radius 3 is 2.57 bits per heavy atom. The fourth-order valence-corrected chi connectivity index (χ4v) is 2.85. The topological polar surface area (TPSA) is 96.2 Å². The molecule has 0 spiro atoms. The highest BCUT2D eigenvalue weighted by atomic mass is 16.6. The van der Waals surface area contributed by atoms with Crippen LogP contribution in [0.5, 0.6) is 5.88 Å². The molecule has 0 atom stereocenters. The Labute approximate surface area is 124 Å². The summed E-state index contributed by atoms with van der Waals surface area (Å²) in [6.07, 6.45) is 5.17. The highest BCUT2D eigenvalue weighted by molar-refractivity contribution is 5.47. The number of aryl methyl sites for hydroxylation is 1. The van der Waals surface area contributed by atoms with Gasteiger partial charge < -0.3 is 10.5 Å². The van der Waals surface area contributed by atoms with Crippen molar-refractivity contribution in [1.82, 2.24) is 9.78 Å². The fraction of sp³-hybridized carbons (Fsp3) is 0.786. The molecule has 1 fully saturated rings. The molecular formula is C14H24N4O3. The Kier molecular flexibility index (Phi) is 4.51. The van der Waals surface area contributed by atoms with E-state index in [-0.39, 0.29) is 23.0 Å². The number of hydrogen-bond donors (Lipinski definition) is 1. The summed E-state index contributed by atoms with van der Waals surface area (Å²) in [6, 6.07) is 0. The molecular weight excluding hydrogens is 272 g/mol. The molecule has 1 heterocycles. The molecule has 7 heteroatoms. The summed E-state index contributed by atoms with van der Waals surface area (Å²) in [7, 11) is 1.66. The minimum absolute atomic E-state index is 0.0320. The summed E-state index contributed by atoms with van der Waals surface area (Å²) in [6.45, 7) is 4.06. The third-order valence-electron chi connectivity index (χ3n) is 4.07. The van der Waals surface area contributed by atoms with Crippen LogP contribution in [-0.2, 0) is 7.05 Å². The summed E-state index contributed by atoms with van der Waals surface area (Å²) in [4.78, 5) is 10.9. The molecule has 21 heavy (non-hydrogen) atoms. The Morgan fingerprint density at radius 2 is 2.05 bits per heavy atom. The van der Waals surface area contributed by atoms with Crippen LogP contribution in [0.15, 0.2) is 0 Å². The predicted molar refractivity (Wildman–Crippen MR) is 79.4 cm³/mol. The van der Waals surface area contributed by atoms with Gasteiger partial charge >= 0.3 is 5.69 Å². The first-order chi connectivity index (χ1) is 9.84. The maximum atomic E-state index is 11.3. The van der Waals surface area contributed by atoms with E-state index in [0.717, 1.165) is 25.7 Å². The molecule has 7 nitrogen and oxygen atoms in total. The van der Waals surface area contributed by atoms with Gasteiger partial charge in [0, 0.05) is 13.0 Å². The lowest BCUT2D eigenvalue weighted by atomic mass is 9.83. The molecule has 0 amide bonds. The van der Waals surface area contributed by atoms with Crippen LogP contribution in [-0.4, -0.2) is 26.8 Å². The minimum Gasteiger partial charge on any atom is -0.471 e. The first kappa shape index (κ1) is 15.8. The Hall–Kier alpha value is -1.63. The van der Waals surface area contributed by atoms with Gasteiger partial charge in [-0.05, 0) is 12.8 Å². The molecule has 0 radical (unpaired) electrons. The number of ether oxygens (including phenoxy) is 1. The van der Waals surface area contributed by atoms with E-state index in [1.54, 1.807) is 7.05 Å². The summed E-state index contributed by atoms with van der Waals surface area (Å²) < 4.78 is 7.18. The molecule has 1 saturated carbocycles. The van der Waals surface area contributed by atoms with Crippen molar-refractivity contribution in [3.8, 4) is 5.88 Å². The van der Waals surface area contributed by atoms with E-state index in [0.29, 0.717) is 12.3 Å². The third-order valence-corrected chi connectivity index (χ3v) is 4.07. The third kappa shape index (κ3) is 3.34. The summed E-state index contributed by atoms with van der Waals surface area (Å²) in [5.41, 5.74) is 6.36. The lowest BCUT2D eigenvalue weighted by Crippen LogP contribution is -2.47. The van der Waals surface area contributed by atoms with Crippen molar-refractivity contribution in [2.75, 3.05) is 6.61 Å². The van der Waals surface area contributed by atoms with Gasteiger partial charge in [-0.2, -0.15) is 5.10 Å². The van der Waals surface area contributed by atoms with E-state index in [2.05, 4.69) is 5.10 Å². The maximum absolute atomic E-state index is 11.3. The number of nitrogens with two attached hydrogens (primary N) is 1. The highest BCUT2D eigenvalue weighted by Crippen LogP contribution is 2.35. The number of hydrogen-bond acceptors (Lipinski definition) is 5. The molecule has 1 aromatic heterocycles. The Bertz CT molecular complexity index is 519. The minimum atomic E-state index is -0.415. The van der Waals surface area contributed by atoms with Gasteiger partial charge in [0.2, 0.25) is 0 Å². The first-order valence-corrected chi connectivity index (χ1v) is 7.47. The number of aromatic nitrogens is 2. The second-order valence-corrected chi connectivity index (χ2v) is 6.29. The SMILES string of the molecule is CC(C)c1nn(C)c(OCC2(N)CCCCC2)c1[N+](=O)[O-]. The molecule has 0 aromatic carbocycles. The molecule has 0 unspecified atom stereocenters. The normalized spacial score (nSPS) is 18.0. The molecule has 2 rings (SSSR count). The van der Waals surface area contributed by atoms with E-state index in [1.165, 1.54) is 11.1 Å². The summed E-state index contributed by atoms with van der Waals surface area (Å²) in [5.74, 6) is 0.176. The van der Waals surface area contributed by atoms with E-state index >= 15 is 0 Å². The van der Waals surface area contributed by atoms with Gasteiger partial charge in [0.1, 0.15) is 12.3 Å². The summed E-state index contributed by atoms with van der Waals surface area (Å²) in [5, 5.41) is 15.6. The average Bonchev–Trinajstić information content (AvgIpc) is 2.75. The van der Waals surface area contributed by atoms with Gasteiger partial charge in [-0.1, -0.05) is 33.1 Å². The van der Waals surface area contributed by atoms with Crippen LogP contribution in [0.3, 0.4) is 0 Å². The van der Waals surface area contributed by atoms with E-state index in [1.807, 2.05) is 13.8 Å². The Balaban J connectivity index is 2.21. The largest absolute Gasteiger partial charge is 0.471 e. The molecule has 1 aliphatic rings. The zero-order valence-electron chi connectivity index (χ0n) is 13.0. The van der Waals surface area contributed by atoms with Crippen LogP contribution in [0.25, 0.3) is 0 Å². The highest BCUT2D eigenvalue weighted by Gasteiger charge is 2.33. The second-order valence-electron chi connectivity index (χ2n) is 6.29. The lowest BCUT2D eigenvalue weighted by Gasteiger charge is -2.32. The second kappa shape index (κ2) is 6.01. The van der Waals surface area contributed by atoms with Crippen LogP contribution in [0.4, 0.5) is 5.69 Å². The van der Waals surface area contributed by atoms with Crippen molar-refractivity contribution in [2.24, 2.45) is 12.8 Å². The van der Waals surface area contributed by atoms with Gasteiger partial charge in [0.25, 0.3) is 5.88 Å². The van der Waals surface area contributed by atoms with Crippen LogP contribution in [0.1, 0.15) is 57.6 Å². The number of rotatable bonds is 5. The van der Waals surface area contributed by atoms with E-state index < -0.39 is 4.92 Å². The summed E-state index contributed by atoms with van der Waals surface area (Å²) >= 11 is 0. The van der Waals surface area contributed by atoms with E-state index in [4.69, 9.17) is 10.5 Å².